The first-order valence-electron chi connectivity index (χ1n) is 6.25. The number of anilines is 1. The largest absolute Gasteiger partial charge is 0.380 e. The average Bonchev–Trinajstić information content (AvgIpc) is 2.61. The summed E-state index contributed by atoms with van der Waals surface area (Å²) in [5.41, 5.74) is 1.07. The highest BCUT2D eigenvalue weighted by Gasteiger charge is 2.14. The Morgan fingerprint density at radius 2 is 2.35 bits per heavy atom. The minimum atomic E-state index is 0.829. The lowest BCUT2D eigenvalue weighted by Crippen LogP contribution is -2.26. The fraction of sp³-hybridized carbons (Fsp3) is 0.818. The summed E-state index contributed by atoms with van der Waals surface area (Å²) in [5, 5.41) is 8.72. The zero-order valence-corrected chi connectivity index (χ0v) is 11.1. The maximum Gasteiger partial charge on any atom is 0.134 e. The van der Waals surface area contributed by atoms with Crippen LogP contribution in [0.2, 0.25) is 0 Å². The molecule has 0 atom stereocenters. The van der Waals surface area contributed by atoms with Gasteiger partial charge in [-0.25, -0.2) is 0 Å². The minimum Gasteiger partial charge on any atom is -0.380 e. The standard InChI is InChI=1S/C11H20N4OS/c1-2-4-12-11-10(13-14-17-11)9-15-5-3-7-16-8-6-15/h12H,2-9H2,1H3. The van der Waals surface area contributed by atoms with Crippen molar-refractivity contribution < 1.29 is 4.74 Å². The summed E-state index contributed by atoms with van der Waals surface area (Å²) in [4.78, 5) is 2.39. The van der Waals surface area contributed by atoms with Crippen LogP contribution in [0.4, 0.5) is 5.00 Å². The lowest BCUT2D eigenvalue weighted by atomic mass is 10.3. The van der Waals surface area contributed by atoms with Crippen LogP contribution in [0, 0.1) is 0 Å². The molecule has 0 bridgehead atoms. The summed E-state index contributed by atoms with van der Waals surface area (Å²) in [7, 11) is 0. The van der Waals surface area contributed by atoms with Gasteiger partial charge in [0.2, 0.25) is 0 Å². The molecule has 2 heterocycles. The quantitative estimate of drug-likeness (QED) is 0.867. The lowest BCUT2D eigenvalue weighted by Gasteiger charge is -2.18. The van der Waals surface area contributed by atoms with Gasteiger partial charge in [0.1, 0.15) is 10.7 Å². The van der Waals surface area contributed by atoms with Crippen LogP contribution in [-0.4, -0.2) is 47.3 Å². The van der Waals surface area contributed by atoms with Gasteiger partial charge in [0.25, 0.3) is 0 Å². The second-order valence-corrected chi connectivity index (χ2v) is 4.97. The van der Waals surface area contributed by atoms with E-state index in [9.17, 15) is 0 Å². The van der Waals surface area contributed by atoms with Crippen LogP contribution in [0.15, 0.2) is 0 Å². The van der Waals surface area contributed by atoms with Crippen LogP contribution in [0.1, 0.15) is 25.5 Å². The molecule has 1 saturated heterocycles. The maximum absolute atomic E-state index is 5.45. The van der Waals surface area contributed by atoms with Crippen LogP contribution < -0.4 is 5.32 Å². The van der Waals surface area contributed by atoms with Crippen LogP contribution in [-0.2, 0) is 11.3 Å². The topological polar surface area (TPSA) is 50.3 Å². The number of aromatic nitrogens is 2. The first-order valence-corrected chi connectivity index (χ1v) is 7.02. The van der Waals surface area contributed by atoms with Crippen molar-refractivity contribution in [3.63, 3.8) is 0 Å². The van der Waals surface area contributed by atoms with Crippen molar-refractivity contribution >= 4 is 16.5 Å². The van der Waals surface area contributed by atoms with E-state index in [1.165, 1.54) is 11.5 Å². The molecular weight excluding hydrogens is 236 g/mol. The zero-order valence-electron chi connectivity index (χ0n) is 10.3. The summed E-state index contributed by atoms with van der Waals surface area (Å²) in [6.07, 6.45) is 2.23. The maximum atomic E-state index is 5.45. The molecule has 0 amide bonds. The van der Waals surface area contributed by atoms with Crippen LogP contribution in [0.5, 0.6) is 0 Å². The number of nitrogens with one attached hydrogen (secondary N) is 1. The highest BCUT2D eigenvalue weighted by atomic mass is 32.1. The van der Waals surface area contributed by atoms with E-state index in [1.807, 2.05) is 0 Å². The number of hydrogen-bond acceptors (Lipinski definition) is 6. The normalized spacial score (nSPS) is 17.9. The summed E-state index contributed by atoms with van der Waals surface area (Å²) < 4.78 is 9.48. The molecular formula is C11H20N4OS. The Morgan fingerprint density at radius 1 is 1.41 bits per heavy atom. The van der Waals surface area contributed by atoms with Gasteiger partial charge < -0.3 is 10.1 Å². The van der Waals surface area contributed by atoms with Crippen molar-refractivity contribution in [2.24, 2.45) is 0 Å². The molecule has 1 aromatic heterocycles. The summed E-state index contributed by atoms with van der Waals surface area (Å²) in [6, 6.07) is 0. The van der Waals surface area contributed by atoms with Gasteiger partial charge in [0.05, 0.1) is 6.61 Å². The Labute approximate surface area is 106 Å². The molecule has 0 unspecified atom stereocenters. The summed E-state index contributed by atoms with van der Waals surface area (Å²) in [6.45, 7) is 7.82. The van der Waals surface area contributed by atoms with E-state index in [1.54, 1.807) is 0 Å². The van der Waals surface area contributed by atoms with Gasteiger partial charge in [-0.2, -0.15) is 0 Å². The fourth-order valence-electron chi connectivity index (χ4n) is 1.85. The van der Waals surface area contributed by atoms with Crippen LogP contribution >= 0.6 is 11.5 Å². The number of hydrogen-bond donors (Lipinski definition) is 1. The molecule has 5 nitrogen and oxygen atoms in total. The lowest BCUT2D eigenvalue weighted by molar-refractivity contribution is 0.140. The van der Waals surface area contributed by atoms with E-state index in [4.69, 9.17) is 4.74 Å². The van der Waals surface area contributed by atoms with E-state index in [0.29, 0.717) is 0 Å². The SMILES string of the molecule is CCCNc1snnc1CN1CCCOCC1. The van der Waals surface area contributed by atoms with E-state index >= 15 is 0 Å². The van der Waals surface area contributed by atoms with Crippen LogP contribution in [0.25, 0.3) is 0 Å². The Kier molecular flexibility index (Phi) is 5.15. The summed E-state index contributed by atoms with van der Waals surface area (Å²) in [5.74, 6) is 0. The summed E-state index contributed by atoms with van der Waals surface area (Å²) >= 11 is 1.45. The van der Waals surface area contributed by atoms with Gasteiger partial charge in [-0.05, 0) is 12.8 Å². The Hall–Kier alpha value is -0.720. The van der Waals surface area contributed by atoms with E-state index in [-0.39, 0.29) is 0 Å². The van der Waals surface area contributed by atoms with E-state index in [0.717, 1.165) is 62.9 Å². The van der Waals surface area contributed by atoms with Gasteiger partial charge in [0, 0.05) is 44.3 Å². The third-order valence-electron chi connectivity index (χ3n) is 2.78. The predicted molar refractivity (Wildman–Crippen MR) is 69.4 cm³/mol. The van der Waals surface area contributed by atoms with Gasteiger partial charge in [-0.15, -0.1) is 5.10 Å². The van der Waals surface area contributed by atoms with Crippen LogP contribution in [0.3, 0.4) is 0 Å². The van der Waals surface area contributed by atoms with Crippen molar-refractivity contribution in [1.82, 2.24) is 14.5 Å². The number of rotatable bonds is 5. The molecule has 0 aliphatic carbocycles. The third-order valence-corrected chi connectivity index (χ3v) is 3.51. The van der Waals surface area contributed by atoms with Crippen molar-refractivity contribution in [1.29, 1.82) is 0 Å². The third kappa shape index (κ3) is 3.90. The molecule has 0 radical (unpaired) electrons. The Bertz CT molecular complexity index is 323. The molecule has 0 aromatic carbocycles. The minimum absolute atomic E-state index is 0.829. The van der Waals surface area contributed by atoms with Crippen molar-refractivity contribution in [3.05, 3.63) is 5.69 Å². The smallest absolute Gasteiger partial charge is 0.134 e. The fourth-order valence-corrected chi connectivity index (χ4v) is 2.45. The molecule has 0 spiro atoms. The monoisotopic (exact) mass is 256 g/mol. The van der Waals surface area contributed by atoms with E-state index in [2.05, 4.69) is 26.7 Å². The predicted octanol–water partition coefficient (Wildman–Crippen LogP) is 1.58. The molecule has 0 saturated carbocycles. The highest BCUT2D eigenvalue weighted by Crippen LogP contribution is 2.19. The molecule has 1 N–H and O–H groups in total. The van der Waals surface area contributed by atoms with Gasteiger partial charge in [-0.1, -0.05) is 11.4 Å². The van der Waals surface area contributed by atoms with Crippen molar-refractivity contribution in [3.8, 4) is 0 Å². The zero-order chi connectivity index (χ0) is 11.9. The molecule has 1 aliphatic heterocycles. The number of ether oxygens (including phenoxy) is 1. The van der Waals surface area contributed by atoms with Gasteiger partial charge >= 0.3 is 0 Å². The van der Waals surface area contributed by atoms with E-state index < -0.39 is 0 Å². The molecule has 1 aliphatic rings. The molecule has 2 rings (SSSR count). The van der Waals surface area contributed by atoms with Crippen molar-refractivity contribution in [2.75, 3.05) is 38.2 Å². The number of nitrogens with zero attached hydrogens (tertiary/aromatic N) is 3. The molecule has 6 heteroatoms. The Balaban J connectivity index is 1.90. The van der Waals surface area contributed by atoms with Gasteiger partial charge in [-0.3, -0.25) is 4.90 Å². The first-order chi connectivity index (χ1) is 8.40. The first kappa shape index (κ1) is 12.7. The van der Waals surface area contributed by atoms with Crippen molar-refractivity contribution in [2.45, 2.75) is 26.3 Å². The molecule has 1 fully saturated rings. The molecule has 96 valence electrons. The highest BCUT2D eigenvalue weighted by molar-refractivity contribution is 7.10. The second-order valence-electron chi connectivity index (χ2n) is 4.22. The second kappa shape index (κ2) is 6.88. The molecule has 17 heavy (non-hydrogen) atoms. The van der Waals surface area contributed by atoms with Gasteiger partial charge in [0.15, 0.2) is 0 Å². The Morgan fingerprint density at radius 3 is 3.24 bits per heavy atom. The average molecular weight is 256 g/mol. The molecule has 1 aromatic rings.